The molecule has 0 bridgehead atoms. The van der Waals surface area contributed by atoms with Crippen molar-refractivity contribution in [1.82, 2.24) is 18.8 Å². The third-order valence-corrected chi connectivity index (χ3v) is 10.1. The molecule has 6 rings (SSSR count). The quantitative estimate of drug-likeness (QED) is 0.532. The molecule has 3 aliphatic rings. The lowest BCUT2D eigenvalue weighted by Gasteiger charge is -2.36. The SMILES string of the molecule is CCn1c(CN2CCc3sccc3[C@H]2C2CC2)nc2cc(S(=O)(=O)N3CCOCC3)ccc21. The fourth-order valence-corrected chi connectivity index (χ4v) is 7.79. The van der Waals surface area contributed by atoms with Gasteiger partial charge in [0.1, 0.15) is 5.82 Å². The predicted molar refractivity (Wildman–Crippen MR) is 129 cm³/mol. The van der Waals surface area contributed by atoms with Gasteiger partial charge in [-0.15, -0.1) is 11.3 Å². The number of fused-ring (bicyclic) bond motifs is 2. The van der Waals surface area contributed by atoms with Crippen LogP contribution in [0.15, 0.2) is 34.5 Å². The van der Waals surface area contributed by atoms with E-state index < -0.39 is 10.0 Å². The summed E-state index contributed by atoms with van der Waals surface area (Å²) in [5, 5.41) is 2.24. The van der Waals surface area contributed by atoms with Crippen molar-refractivity contribution < 1.29 is 13.2 Å². The second-order valence-electron chi connectivity index (χ2n) is 9.24. The van der Waals surface area contributed by atoms with Crippen LogP contribution in [0.3, 0.4) is 0 Å². The van der Waals surface area contributed by atoms with Gasteiger partial charge in [-0.05, 0) is 67.3 Å². The van der Waals surface area contributed by atoms with Gasteiger partial charge in [0.05, 0.1) is 35.7 Å². The standard InChI is InChI=1S/C24H30N4O3S2/c1-2-28-21-6-5-18(33(29,30)27-10-12-31-13-11-27)15-20(21)25-23(28)16-26-9-7-22-19(8-14-32-22)24(26)17-3-4-17/h5-6,8,14-15,17,24H,2-4,7,9-13,16H2,1H3/t24-/m1/s1. The molecule has 4 heterocycles. The zero-order valence-corrected chi connectivity index (χ0v) is 20.6. The van der Waals surface area contributed by atoms with Gasteiger partial charge in [-0.1, -0.05) is 0 Å². The van der Waals surface area contributed by atoms with Crippen molar-refractivity contribution in [1.29, 1.82) is 0 Å². The first-order valence-electron chi connectivity index (χ1n) is 11.9. The lowest BCUT2D eigenvalue weighted by molar-refractivity contribution is 0.0730. The summed E-state index contributed by atoms with van der Waals surface area (Å²) in [5.41, 5.74) is 3.29. The Morgan fingerprint density at radius 1 is 1.15 bits per heavy atom. The molecule has 1 aliphatic carbocycles. The Labute approximate surface area is 199 Å². The summed E-state index contributed by atoms with van der Waals surface area (Å²) in [7, 11) is -3.53. The van der Waals surface area contributed by atoms with Crippen molar-refractivity contribution >= 4 is 32.4 Å². The number of benzene rings is 1. The first kappa shape index (κ1) is 21.7. The highest BCUT2D eigenvalue weighted by Gasteiger charge is 2.40. The molecule has 1 aromatic carbocycles. The molecule has 2 aliphatic heterocycles. The Morgan fingerprint density at radius 3 is 2.73 bits per heavy atom. The van der Waals surface area contributed by atoms with Crippen molar-refractivity contribution in [2.75, 3.05) is 32.8 Å². The van der Waals surface area contributed by atoms with E-state index in [4.69, 9.17) is 9.72 Å². The molecule has 9 heteroatoms. The van der Waals surface area contributed by atoms with Crippen LogP contribution < -0.4 is 0 Å². The molecule has 1 saturated heterocycles. The maximum atomic E-state index is 13.2. The van der Waals surface area contributed by atoms with Crippen molar-refractivity contribution in [3.05, 3.63) is 45.9 Å². The molecule has 176 valence electrons. The molecular weight excluding hydrogens is 456 g/mol. The second-order valence-corrected chi connectivity index (χ2v) is 12.2. The first-order valence-corrected chi connectivity index (χ1v) is 14.3. The predicted octanol–water partition coefficient (Wildman–Crippen LogP) is 3.65. The fraction of sp³-hybridized carbons (Fsp3) is 0.542. The van der Waals surface area contributed by atoms with E-state index in [0.29, 0.717) is 37.2 Å². The Morgan fingerprint density at radius 2 is 1.97 bits per heavy atom. The zero-order valence-electron chi connectivity index (χ0n) is 18.9. The highest BCUT2D eigenvalue weighted by Crippen LogP contribution is 2.48. The van der Waals surface area contributed by atoms with E-state index in [9.17, 15) is 8.42 Å². The zero-order chi connectivity index (χ0) is 22.6. The largest absolute Gasteiger partial charge is 0.379 e. The third-order valence-electron chi connectivity index (χ3n) is 7.25. The average Bonchev–Trinajstić information content (AvgIpc) is 3.44. The summed E-state index contributed by atoms with van der Waals surface area (Å²) in [4.78, 5) is 9.44. The highest BCUT2D eigenvalue weighted by atomic mass is 32.2. The van der Waals surface area contributed by atoms with Crippen LogP contribution >= 0.6 is 11.3 Å². The van der Waals surface area contributed by atoms with Gasteiger partial charge in [-0.3, -0.25) is 4.90 Å². The van der Waals surface area contributed by atoms with Crippen LogP contribution in [0, 0.1) is 5.92 Å². The van der Waals surface area contributed by atoms with E-state index in [1.165, 1.54) is 22.7 Å². The monoisotopic (exact) mass is 486 g/mol. The molecule has 0 N–H and O–H groups in total. The lowest BCUT2D eigenvalue weighted by atomic mass is 9.96. The third kappa shape index (κ3) is 3.83. The topological polar surface area (TPSA) is 67.7 Å². The van der Waals surface area contributed by atoms with Crippen molar-refractivity contribution in [3.63, 3.8) is 0 Å². The Hall–Kier alpha value is -1.78. The molecule has 3 aromatic rings. The average molecular weight is 487 g/mol. The number of hydrogen-bond donors (Lipinski definition) is 0. The molecule has 0 unspecified atom stereocenters. The number of morpholine rings is 1. The maximum absolute atomic E-state index is 13.2. The molecule has 2 fully saturated rings. The highest BCUT2D eigenvalue weighted by molar-refractivity contribution is 7.89. The van der Waals surface area contributed by atoms with Crippen LogP contribution in [-0.2, 0) is 34.3 Å². The molecule has 2 aromatic heterocycles. The molecule has 7 nitrogen and oxygen atoms in total. The van der Waals surface area contributed by atoms with E-state index in [1.807, 2.05) is 17.4 Å². The second kappa shape index (κ2) is 8.46. The molecule has 1 atom stereocenters. The van der Waals surface area contributed by atoms with Gasteiger partial charge < -0.3 is 9.30 Å². The van der Waals surface area contributed by atoms with E-state index in [-0.39, 0.29) is 0 Å². The summed E-state index contributed by atoms with van der Waals surface area (Å²) >= 11 is 1.89. The minimum atomic E-state index is -3.53. The number of rotatable bonds is 6. The lowest BCUT2D eigenvalue weighted by Crippen LogP contribution is -2.40. The van der Waals surface area contributed by atoms with Gasteiger partial charge in [0.25, 0.3) is 0 Å². The maximum Gasteiger partial charge on any atom is 0.243 e. The number of nitrogens with zero attached hydrogens (tertiary/aromatic N) is 4. The molecule has 0 radical (unpaired) electrons. The number of aromatic nitrogens is 2. The van der Waals surface area contributed by atoms with Crippen LogP contribution in [0.5, 0.6) is 0 Å². The smallest absolute Gasteiger partial charge is 0.243 e. The number of thiophene rings is 1. The van der Waals surface area contributed by atoms with Gasteiger partial charge in [0.2, 0.25) is 10.0 Å². The number of sulfonamides is 1. The van der Waals surface area contributed by atoms with Crippen LogP contribution in [0.1, 0.15) is 42.1 Å². The van der Waals surface area contributed by atoms with Crippen LogP contribution in [0.4, 0.5) is 0 Å². The number of ether oxygens (including phenoxy) is 1. The summed E-state index contributed by atoms with van der Waals surface area (Å²) in [6, 6.07) is 8.22. The fourth-order valence-electron chi connectivity index (χ4n) is 5.45. The minimum Gasteiger partial charge on any atom is -0.379 e. The molecule has 33 heavy (non-hydrogen) atoms. The van der Waals surface area contributed by atoms with Crippen LogP contribution in [0.25, 0.3) is 11.0 Å². The summed E-state index contributed by atoms with van der Waals surface area (Å²) in [6.07, 6.45) is 3.72. The van der Waals surface area contributed by atoms with Gasteiger partial charge in [-0.25, -0.2) is 13.4 Å². The summed E-state index contributed by atoms with van der Waals surface area (Å²) in [6.45, 7) is 6.48. The van der Waals surface area contributed by atoms with Gasteiger partial charge in [-0.2, -0.15) is 4.31 Å². The van der Waals surface area contributed by atoms with Crippen molar-refractivity contribution in [2.45, 2.75) is 50.2 Å². The van der Waals surface area contributed by atoms with Gasteiger partial charge in [0.15, 0.2) is 0 Å². The Bertz CT molecular complexity index is 1270. The van der Waals surface area contributed by atoms with Crippen LogP contribution in [-0.4, -0.2) is 60.0 Å². The van der Waals surface area contributed by atoms with Crippen LogP contribution in [0.2, 0.25) is 0 Å². The number of hydrogen-bond acceptors (Lipinski definition) is 6. The van der Waals surface area contributed by atoms with Gasteiger partial charge in [0, 0.05) is 37.1 Å². The Balaban J connectivity index is 1.33. The molecular formula is C24H30N4O3S2. The van der Waals surface area contributed by atoms with E-state index in [2.05, 4.69) is 27.8 Å². The van der Waals surface area contributed by atoms with Crippen molar-refractivity contribution in [3.8, 4) is 0 Å². The van der Waals surface area contributed by atoms with Gasteiger partial charge >= 0.3 is 0 Å². The Kier molecular flexibility index (Phi) is 5.57. The summed E-state index contributed by atoms with van der Waals surface area (Å²) < 4.78 is 35.4. The molecule has 0 spiro atoms. The van der Waals surface area contributed by atoms with Crippen molar-refractivity contribution in [2.24, 2.45) is 5.92 Å². The normalized spacial score (nSPS) is 22.6. The molecule has 1 saturated carbocycles. The number of aryl methyl sites for hydroxylation is 1. The number of imidazole rings is 1. The van der Waals surface area contributed by atoms with E-state index in [0.717, 1.165) is 48.8 Å². The van der Waals surface area contributed by atoms with E-state index in [1.54, 1.807) is 17.0 Å². The first-order chi connectivity index (χ1) is 16.1. The molecule has 0 amide bonds. The summed E-state index contributed by atoms with van der Waals surface area (Å²) in [5.74, 6) is 1.78. The van der Waals surface area contributed by atoms with E-state index >= 15 is 0 Å². The minimum absolute atomic E-state index is 0.320.